The number of sulfonamides is 1. The van der Waals surface area contributed by atoms with Crippen molar-refractivity contribution in [2.75, 3.05) is 26.2 Å². The van der Waals surface area contributed by atoms with Crippen LogP contribution in [0, 0.1) is 11.6 Å². The van der Waals surface area contributed by atoms with Crippen LogP contribution in [-0.2, 0) is 14.8 Å². The van der Waals surface area contributed by atoms with E-state index in [9.17, 15) is 22.0 Å². The molecule has 0 saturated carbocycles. The zero-order valence-electron chi connectivity index (χ0n) is 14.3. The van der Waals surface area contributed by atoms with Crippen LogP contribution in [0.4, 0.5) is 8.78 Å². The molecule has 2 rings (SSSR count). The molecule has 8 heteroatoms. The third-order valence-corrected chi connectivity index (χ3v) is 6.21. The molecule has 1 aromatic rings. The molecule has 25 heavy (non-hydrogen) atoms. The normalized spacial score (nSPS) is 15.9. The molecule has 1 aliphatic heterocycles. The van der Waals surface area contributed by atoms with Crippen LogP contribution in [-0.4, -0.2) is 49.7 Å². The van der Waals surface area contributed by atoms with Crippen molar-refractivity contribution in [1.82, 2.24) is 9.21 Å². The Balaban J connectivity index is 2.07. The van der Waals surface area contributed by atoms with Gasteiger partial charge in [-0.3, -0.25) is 4.79 Å². The molecule has 1 saturated heterocycles. The second kappa shape index (κ2) is 8.05. The minimum absolute atomic E-state index is 0.120. The lowest BCUT2D eigenvalue weighted by Gasteiger charge is -2.33. The second-order valence-electron chi connectivity index (χ2n) is 5.81. The smallest absolute Gasteiger partial charge is 0.246 e. The highest BCUT2D eigenvalue weighted by molar-refractivity contribution is 7.89. The molecule has 0 radical (unpaired) electrons. The predicted molar refractivity (Wildman–Crippen MR) is 90.4 cm³/mol. The van der Waals surface area contributed by atoms with Crippen LogP contribution in [0.3, 0.4) is 0 Å². The van der Waals surface area contributed by atoms with E-state index in [0.29, 0.717) is 6.07 Å². The maximum absolute atomic E-state index is 13.3. The fourth-order valence-electron chi connectivity index (χ4n) is 2.66. The lowest BCUT2D eigenvalue weighted by molar-refractivity contribution is -0.127. The number of hydrogen-bond acceptors (Lipinski definition) is 3. The van der Waals surface area contributed by atoms with Gasteiger partial charge in [0.2, 0.25) is 15.9 Å². The summed E-state index contributed by atoms with van der Waals surface area (Å²) in [4.78, 5) is 13.5. The summed E-state index contributed by atoms with van der Waals surface area (Å²) in [5.41, 5.74) is 1.04. The quantitative estimate of drug-likeness (QED) is 0.747. The molecule has 1 aliphatic rings. The average molecular weight is 372 g/mol. The molecule has 0 N–H and O–H groups in total. The lowest BCUT2D eigenvalue weighted by atomic mass is 10.1. The molecular formula is C17H22F2N2O3S. The summed E-state index contributed by atoms with van der Waals surface area (Å²) >= 11 is 0. The number of halogens is 2. The highest BCUT2D eigenvalue weighted by atomic mass is 32.2. The van der Waals surface area contributed by atoms with Gasteiger partial charge in [-0.2, -0.15) is 4.31 Å². The minimum atomic E-state index is -3.91. The predicted octanol–water partition coefficient (Wildman–Crippen LogP) is 2.54. The van der Waals surface area contributed by atoms with Crippen molar-refractivity contribution in [2.45, 2.75) is 31.6 Å². The van der Waals surface area contributed by atoms with Gasteiger partial charge in [0, 0.05) is 32.3 Å². The molecule has 0 spiro atoms. The Bertz CT molecular complexity index is 764. The van der Waals surface area contributed by atoms with Crippen LogP contribution in [0.15, 0.2) is 34.7 Å². The van der Waals surface area contributed by atoms with E-state index in [2.05, 4.69) is 0 Å². The number of carbonyl (C=O) groups is 1. The Kier molecular flexibility index (Phi) is 6.29. The number of carbonyl (C=O) groups excluding carboxylic acids is 1. The zero-order chi connectivity index (χ0) is 18.6. The number of nitrogens with zero attached hydrogens (tertiary/aromatic N) is 2. The van der Waals surface area contributed by atoms with E-state index in [0.717, 1.165) is 30.5 Å². The molecular weight excluding hydrogens is 350 g/mol. The van der Waals surface area contributed by atoms with E-state index in [1.54, 1.807) is 11.0 Å². The van der Waals surface area contributed by atoms with E-state index in [1.807, 2.05) is 13.8 Å². The molecule has 1 amide bonds. The highest BCUT2D eigenvalue weighted by Gasteiger charge is 2.30. The largest absolute Gasteiger partial charge is 0.337 e. The van der Waals surface area contributed by atoms with E-state index < -0.39 is 21.7 Å². The molecule has 0 aromatic heterocycles. The van der Waals surface area contributed by atoms with Gasteiger partial charge in [-0.15, -0.1) is 0 Å². The summed E-state index contributed by atoms with van der Waals surface area (Å²) in [6.07, 6.45) is 3.21. The van der Waals surface area contributed by atoms with Gasteiger partial charge >= 0.3 is 0 Å². The maximum atomic E-state index is 13.3. The van der Waals surface area contributed by atoms with E-state index in [-0.39, 0.29) is 37.0 Å². The fraction of sp³-hybridized carbons (Fsp3) is 0.471. The van der Waals surface area contributed by atoms with Crippen molar-refractivity contribution in [3.8, 4) is 0 Å². The molecule has 1 fully saturated rings. The molecule has 0 aliphatic carbocycles. The molecule has 1 aromatic carbocycles. The number of piperazine rings is 1. The first kappa shape index (κ1) is 19.5. The summed E-state index contributed by atoms with van der Waals surface area (Å²) in [6, 6.07) is 2.52. The van der Waals surface area contributed by atoms with Crippen LogP contribution < -0.4 is 0 Å². The zero-order valence-corrected chi connectivity index (χ0v) is 15.2. The Morgan fingerprint density at radius 3 is 2.20 bits per heavy atom. The second-order valence-corrected chi connectivity index (χ2v) is 7.75. The topological polar surface area (TPSA) is 57.7 Å². The number of hydrogen-bond donors (Lipinski definition) is 0. The maximum Gasteiger partial charge on any atom is 0.246 e. The molecule has 0 bridgehead atoms. The standard InChI is InChI=1S/C17H22F2N2O3S/c1-3-13(4-2)11-17(22)20-7-9-21(10-8-20)25(23,24)14-5-6-15(18)16(19)12-14/h5-6,11-12H,3-4,7-10H2,1-2H3. The van der Waals surface area contributed by atoms with Crippen molar-refractivity contribution in [2.24, 2.45) is 0 Å². The van der Waals surface area contributed by atoms with Gasteiger partial charge in [0.15, 0.2) is 11.6 Å². The molecule has 0 atom stereocenters. The number of rotatable bonds is 5. The Morgan fingerprint density at radius 1 is 1.08 bits per heavy atom. The molecule has 138 valence electrons. The van der Waals surface area contributed by atoms with Crippen LogP contribution in [0.5, 0.6) is 0 Å². The molecule has 1 heterocycles. The third-order valence-electron chi connectivity index (χ3n) is 4.32. The minimum Gasteiger partial charge on any atom is -0.337 e. The monoisotopic (exact) mass is 372 g/mol. The Hall–Kier alpha value is -1.80. The number of benzene rings is 1. The van der Waals surface area contributed by atoms with Crippen LogP contribution >= 0.6 is 0 Å². The Morgan fingerprint density at radius 2 is 1.68 bits per heavy atom. The van der Waals surface area contributed by atoms with Gasteiger partial charge in [-0.1, -0.05) is 19.4 Å². The van der Waals surface area contributed by atoms with E-state index in [4.69, 9.17) is 0 Å². The van der Waals surface area contributed by atoms with Gasteiger partial charge in [0.1, 0.15) is 0 Å². The summed E-state index contributed by atoms with van der Waals surface area (Å²) in [5, 5.41) is 0. The summed E-state index contributed by atoms with van der Waals surface area (Å²) < 4.78 is 52.5. The van der Waals surface area contributed by atoms with E-state index >= 15 is 0 Å². The van der Waals surface area contributed by atoms with Crippen LogP contribution in [0.25, 0.3) is 0 Å². The van der Waals surface area contributed by atoms with Crippen molar-refractivity contribution in [3.63, 3.8) is 0 Å². The van der Waals surface area contributed by atoms with Gasteiger partial charge in [-0.25, -0.2) is 17.2 Å². The first-order valence-electron chi connectivity index (χ1n) is 8.23. The third kappa shape index (κ3) is 4.43. The fourth-order valence-corrected chi connectivity index (χ4v) is 4.09. The molecule has 0 unspecified atom stereocenters. The SMILES string of the molecule is CCC(=CC(=O)N1CCN(S(=O)(=O)c2ccc(F)c(F)c2)CC1)CC. The average Bonchev–Trinajstić information content (AvgIpc) is 2.61. The number of amides is 1. The first-order chi connectivity index (χ1) is 11.8. The van der Waals surface area contributed by atoms with Crippen LogP contribution in [0.2, 0.25) is 0 Å². The first-order valence-corrected chi connectivity index (χ1v) is 9.67. The van der Waals surface area contributed by atoms with Gasteiger partial charge in [0.25, 0.3) is 0 Å². The van der Waals surface area contributed by atoms with E-state index in [1.165, 1.54) is 4.31 Å². The van der Waals surface area contributed by atoms with Crippen molar-refractivity contribution in [3.05, 3.63) is 41.5 Å². The summed E-state index contributed by atoms with van der Waals surface area (Å²) in [5.74, 6) is -2.42. The van der Waals surface area contributed by atoms with Crippen molar-refractivity contribution >= 4 is 15.9 Å². The Labute approximate surface area is 147 Å². The summed E-state index contributed by atoms with van der Waals surface area (Å²) in [6.45, 7) is 4.73. The van der Waals surface area contributed by atoms with Gasteiger partial charge in [0.05, 0.1) is 4.90 Å². The summed E-state index contributed by atoms with van der Waals surface area (Å²) in [7, 11) is -3.91. The molecule has 5 nitrogen and oxygen atoms in total. The number of allylic oxidation sites excluding steroid dienone is 1. The lowest BCUT2D eigenvalue weighted by Crippen LogP contribution is -2.50. The van der Waals surface area contributed by atoms with Crippen molar-refractivity contribution in [1.29, 1.82) is 0 Å². The van der Waals surface area contributed by atoms with Crippen LogP contribution in [0.1, 0.15) is 26.7 Å². The van der Waals surface area contributed by atoms with Crippen molar-refractivity contribution < 1.29 is 22.0 Å². The van der Waals surface area contributed by atoms with Gasteiger partial charge in [-0.05, 0) is 31.0 Å². The van der Waals surface area contributed by atoms with Gasteiger partial charge < -0.3 is 4.90 Å². The highest BCUT2D eigenvalue weighted by Crippen LogP contribution is 2.20.